The van der Waals surface area contributed by atoms with Gasteiger partial charge >= 0.3 is 0 Å². The number of hydrogen-bond acceptors (Lipinski definition) is 4. The van der Waals surface area contributed by atoms with Gasteiger partial charge in [0.25, 0.3) is 5.91 Å². The van der Waals surface area contributed by atoms with Crippen molar-refractivity contribution >= 4 is 11.6 Å². The number of alkyl halides is 1. The minimum Gasteiger partial charge on any atom is -0.368 e. The molecule has 5 nitrogen and oxygen atoms in total. The van der Waals surface area contributed by atoms with E-state index in [4.69, 9.17) is 10.3 Å². The first-order valence-corrected chi connectivity index (χ1v) is 15.4. The lowest BCUT2D eigenvalue weighted by Gasteiger charge is -2.43. The molecule has 0 aromatic rings. The summed E-state index contributed by atoms with van der Waals surface area (Å²) in [6.07, 6.45) is 20.0. The maximum Gasteiger partial charge on any atom is 0.259 e. The monoisotopic (exact) mass is 588 g/mol. The molecule has 2 fully saturated rings. The van der Waals surface area contributed by atoms with Crippen LogP contribution in [0.4, 0.5) is 4.39 Å². The molecule has 0 spiro atoms. The van der Waals surface area contributed by atoms with Crippen molar-refractivity contribution in [3.63, 3.8) is 0 Å². The van der Waals surface area contributed by atoms with Crippen LogP contribution in [-0.2, 0) is 4.79 Å². The number of amides is 1. The Balaban J connectivity index is 0.000000592. The summed E-state index contributed by atoms with van der Waals surface area (Å²) in [6, 6.07) is 2.22. The molecule has 3 rings (SSSR count). The van der Waals surface area contributed by atoms with Crippen molar-refractivity contribution in [3.8, 4) is 6.07 Å². The Morgan fingerprint density at radius 1 is 1.26 bits per heavy atom. The van der Waals surface area contributed by atoms with E-state index >= 15 is 0 Å². The molecule has 3 aliphatic rings. The number of nitrogens with zero attached hydrogens (tertiary/aromatic N) is 4. The number of carbonyl (C=O) groups is 1. The summed E-state index contributed by atoms with van der Waals surface area (Å²) in [7, 11) is 0. The highest BCUT2D eigenvalue weighted by atomic mass is 19.1. The number of halogens is 1. The third-order valence-corrected chi connectivity index (χ3v) is 7.58. The summed E-state index contributed by atoms with van der Waals surface area (Å²) in [4.78, 5) is 21.4. The number of nitriles is 1. The standard InChI is InChI=1S/C25H40FN3O.C10H9N.C2H4/c1-8-11-14-27-22(10-3)23(21(9-2)20-12-13-20)19(5)29-16-15-28(17-18(29)4)24(30)25(6,7)26;1-2-9-5-3-4-6-10(7-9)8-11;1-2/h8-9,11,18,20H,10,12-17H2,1-7H3;2-4,6-7H,1,5H2;1-2H2/b11-8-,21-9-,23-19+,27-22?;;/t18-;;/m0../s1. The van der Waals surface area contributed by atoms with E-state index < -0.39 is 11.6 Å². The van der Waals surface area contributed by atoms with E-state index in [1.54, 1.807) is 17.1 Å². The molecule has 6 heteroatoms. The van der Waals surface area contributed by atoms with Gasteiger partial charge in [-0.05, 0) is 96.4 Å². The Bertz CT molecular complexity index is 1210. The van der Waals surface area contributed by atoms with Crippen molar-refractivity contribution in [2.75, 3.05) is 26.2 Å². The van der Waals surface area contributed by atoms with E-state index in [-0.39, 0.29) is 6.04 Å². The van der Waals surface area contributed by atoms with Crippen LogP contribution in [0, 0.1) is 17.2 Å². The average Bonchev–Trinajstić information content (AvgIpc) is 3.86. The predicted molar refractivity (Wildman–Crippen MR) is 182 cm³/mol. The molecule has 0 aromatic carbocycles. The number of rotatable bonds is 9. The summed E-state index contributed by atoms with van der Waals surface area (Å²) in [6.45, 7) is 25.5. The van der Waals surface area contributed by atoms with Gasteiger partial charge in [-0.25, -0.2) is 4.39 Å². The van der Waals surface area contributed by atoms with Crippen LogP contribution in [0.1, 0.15) is 74.1 Å². The fraction of sp³-hybridized carbons (Fsp3) is 0.486. The quantitative estimate of drug-likeness (QED) is 0.154. The lowest BCUT2D eigenvalue weighted by molar-refractivity contribution is -0.144. The molecular weight excluding hydrogens is 535 g/mol. The van der Waals surface area contributed by atoms with Crippen molar-refractivity contribution in [3.05, 3.63) is 96.3 Å². The molecule has 1 aliphatic heterocycles. The van der Waals surface area contributed by atoms with Crippen molar-refractivity contribution in [1.29, 1.82) is 5.26 Å². The second-order valence-electron chi connectivity index (χ2n) is 11.2. The van der Waals surface area contributed by atoms with Crippen LogP contribution in [0.2, 0.25) is 0 Å². The largest absolute Gasteiger partial charge is 0.368 e. The smallest absolute Gasteiger partial charge is 0.259 e. The fourth-order valence-electron chi connectivity index (χ4n) is 5.25. The Hall–Kier alpha value is -3.72. The number of allylic oxidation sites excluding steroid dienone is 12. The summed E-state index contributed by atoms with van der Waals surface area (Å²) in [5.74, 6) is 0.217. The molecule has 0 N–H and O–H groups in total. The molecule has 0 aromatic heterocycles. The Morgan fingerprint density at radius 3 is 2.42 bits per heavy atom. The zero-order valence-electron chi connectivity index (χ0n) is 27.6. The van der Waals surface area contributed by atoms with E-state index in [2.05, 4.69) is 70.6 Å². The molecular formula is C37H53FN4O. The van der Waals surface area contributed by atoms with Gasteiger partial charge < -0.3 is 9.80 Å². The average molecular weight is 589 g/mol. The predicted octanol–water partition coefficient (Wildman–Crippen LogP) is 8.64. The number of hydrogen-bond donors (Lipinski definition) is 0. The van der Waals surface area contributed by atoms with Gasteiger partial charge in [-0.2, -0.15) is 5.26 Å². The third-order valence-electron chi connectivity index (χ3n) is 7.58. The lowest BCUT2D eigenvalue weighted by atomic mass is 9.92. The molecule has 2 aliphatic carbocycles. The Kier molecular flexibility index (Phi) is 16.3. The molecule has 1 amide bonds. The Labute approximate surface area is 260 Å². The number of carbonyl (C=O) groups excluding carboxylic acids is 1. The molecule has 1 heterocycles. The van der Waals surface area contributed by atoms with Crippen molar-refractivity contribution in [1.82, 2.24) is 9.80 Å². The second-order valence-corrected chi connectivity index (χ2v) is 11.2. The molecule has 234 valence electrons. The normalized spacial score (nSPS) is 19.9. The van der Waals surface area contributed by atoms with Crippen LogP contribution in [-0.4, -0.2) is 59.3 Å². The van der Waals surface area contributed by atoms with Crippen LogP contribution in [0.15, 0.2) is 101 Å². The van der Waals surface area contributed by atoms with Gasteiger partial charge in [0.15, 0.2) is 5.67 Å². The molecule has 0 bridgehead atoms. The summed E-state index contributed by atoms with van der Waals surface area (Å²) >= 11 is 0. The lowest BCUT2D eigenvalue weighted by Crippen LogP contribution is -2.56. The summed E-state index contributed by atoms with van der Waals surface area (Å²) in [5, 5.41) is 8.60. The molecule has 1 saturated carbocycles. The second kappa shape index (κ2) is 18.7. The van der Waals surface area contributed by atoms with E-state index in [9.17, 15) is 9.18 Å². The first-order chi connectivity index (χ1) is 20.5. The zero-order valence-corrected chi connectivity index (χ0v) is 27.6. The molecule has 0 unspecified atom stereocenters. The number of piperazine rings is 1. The van der Waals surface area contributed by atoms with E-state index in [1.807, 2.05) is 31.2 Å². The molecule has 1 saturated heterocycles. The van der Waals surface area contributed by atoms with Gasteiger partial charge in [-0.15, -0.1) is 13.2 Å². The summed E-state index contributed by atoms with van der Waals surface area (Å²) < 4.78 is 14.2. The highest BCUT2D eigenvalue weighted by Gasteiger charge is 2.37. The minimum atomic E-state index is -1.82. The van der Waals surface area contributed by atoms with Gasteiger partial charge in [0.2, 0.25) is 0 Å². The SMILES string of the molecule is C/C=C\CN=C(CC)C(/C(=C\C)C1CC1)=C(\C)N1CCN(C(=O)C(C)(C)F)C[C@@H]1C.C=C.C=CC1=CC(C#N)=CC=CC1. The van der Waals surface area contributed by atoms with Gasteiger partial charge in [0.05, 0.1) is 18.2 Å². The third kappa shape index (κ3) is 11.5. The van der Waals surface area contributed by atoms with Gasteiger partial charge in [0.1, 0.15) is 0 Å². The molecule has 43 heavy (non-hydrogen) atoms. The maximum absolute atomic E-state index is 14.2. The highest BCUT2D eigenvalue weighted by Crippen LogP contribution is 2.42. The molecule has 1 atom stereocenters. The van der Waals surface area contributed by atoms with Crippen LogP contribution in [0.25, 0.3) is 0 Å². The topological polar surface area (TPSA) is 59.7 Å². The van der Waals surface area contributed by atoms with Crippen LogP contribution in [0.5, 0.6) is 0 Å². The van der Waals surface area contributed by atoms with E-state index in [0.29, 0.717) is 37.7 Å². The van der Waals surface area contributed by atoms with Crippen LogP contribution < -0.4 is 0 Å². The summed E-state index contributed by atoms with van der Waals surface area (Å²) in [5.41, 5.74) is 5.03. The van der Waals surface area contributed by atoms with Crippen molar-refractivity contribution < 1.29 is 9.18 Å². The van der Waals surface area contributed by atoms with E-state index in [0.717, 1.165) is 24.1 Å². The zero-order chi connectivity index (χ0) is 32.6. The first-order valence-electron chi connectivity index (χ1n) is 15.4. The van der Waals surface area contributed by atoms with Crippen LogP contribution in [0.3, 0.4) is 0 Å². The van der Waals surface area contributed by atoms with E-state index in [1.165, 1.54) is 43.5 Å². The van der Waals surface area contributed by atoms with Crippen molar-refractivity contribution in [2.24, 2.45) is 10.9 Å². The fourth-order valence-corrected chi connectivity index (χ4v) is 5.25. The van der Waals surface area contributed by atoms with Gasteiger partial charge in [-0.3, -0.25) is 9.79 Å². The van der Waals surface area contributed by atoms with Crippen molar-refractivity contribution in [2.45, 2.75) is 85.9 Å². The highest BCUT2D eigenvalue weighted by molar-refractivity contribution is 6.04. The Morgan fingerprint density at radius 2 is 1.93 bits per heavy atom. The number of aliphatic imine (C=N–C) groups is 1. The van der Waals surface area contributed by atoms with Gasteiger partial charge in [0, 0.05) is 42.7 Å². The minimum absolute atomic E-state index is 0.131. The first kappa shape index (κ1) is 37.3. The van der Waals surface area contributed by atoms with Crippen LogP contribution >= 0.6 is 0 Å². The van der Waals surface area contributed by atoms with Gasteiger partial charge in [-0.1, -0.05) is 50.0 Å². The molecule has 0 radical (unpaired) electrons. The maximum atomic E-state index is 14.2.